The van der Waals surface area contributed by atoms with Gasteiger partial charge in [0, 0.05) is 23.3 Å². The zero-order valence-electron chi connectivity index (χ0n) is 33.0. The lowest BCUT2D eigenvalue weighted by Crippen LogP contribution is -2.15. The van der Waals surface area contributed by atoms with Crippen LogP contribution in [0.25, 0.3) is 44.6 Å². The molecule has 2 heterocycles. The number of benzene rings is 4. The molecule has 0 unspecified atom stereocenters. The third kappa shape index (κ3) is 14.4. The monoisotopic (exact) mass is 810 g/mol. The van der Waals surface area contributed by atoms with Gasteiger partial charge in [0.25, 0.3) is 0 Å². The molecule has 59 heavy (non-hydrogen) atoms. The van der Waals surface area contributed by atoms with E-state index in [4.69, 9.17) is 51.5 Å². The molecule has 13 heteroatoms. The first-order chi connectivity index (χ1) is 29.1. The normalized spacial score (nSPS) is 11.4. The van der Waals surface area contributed by atoms with Crippen LogP contribution in [-0.2, 0) is 33.2 Å². The summed E-state index contributed by atoms with van der Waals surface area (Å²) in [5.74, 6) is 2.43. The second kappa shape index (κ2) is 24.5. The highest BCUT2D eigenvalue weighted by atomic mass is 16.6. The van der Waals surface area contributed by atoms with Gasteiger partial charge in [0.05, 0.1) is 103 Å². The van der Waals surface area contributed by atoms with Crippen molar-refractivity contribution in [2.75, 3.05) is 106 Å². The Kier molecular flexibility index (Phi) is 18.0. The largest absolute Gasteiger partial charge is 0.491 e. The van der Waals surface area contributed by atoms with Crippen LogP contribution in [-0.4, -0.2) is 106 Å². The van der Waals surface area contributed by atoms with Gasteiger partial charge in [0.15, 0.2) is 10.9 Å². The van der Waals surface area contributed by atoms with E-state index in [2.05, 4.69) is 0 Å². The molecule has 0 fully saturated rings. The third-order valence-corrected chi connectivity index (χ3v) is 8.77. The standard InChI is InChI=1S/C46H50O13/c47-41-33-45(58-43-7-3-1-5-39(41)43)35-9-13-37(14-10-35)56-31-29-54-27-25-52-23-21-50-19-17-49-18-20-51-22-24-53-26-28-55-30-32-57-38-15-11-36(12-16-38)46-34-42(48)40-6-2-4-8-44(40)59-46/h1-16,33-34H,17-32H2. The molecule has 0 spiro atoms. The van der Waals surface area contributed by atoms with Gasteiger partial charge in [-0.05, 0) is 72.8 Å². The van der Waals surface area contributed by atoms with Gasteiger partial charge in [0.2, 0.25) is 0 Å². The summed E-state index contributed by atoms with van der Waals surface area (Å²) in [4.78, 5) is 24.8. The van der Waals surface area contributed by atoms with Crippen LogP contribution in [0.4, 0.5) is 0 Å². The topological polar surface area (TPSA) is 143 Å². The van der Waals surface area contributed by atoms with Crippen molar-refractivity contribution in [3.05, 3.63) is 130 Å². The molecule has 6 rings (SSSR count). The molecule has 0 saturated heterocycles. The third-order valence-electron chi connectivity index (χ3n) is 8.77. The quantitative estimate of drug-likeness (QED) is 0.0480. The minimum atomic E-state index is -0.0725. The molecular formula is C46H50O13. The van der Waals surface area contributed by atoms with Crippen molar-refractivity contribution in [1.82, 2.24) is 0 Å². The number of ether oxygens (including phenoxy) is 9. The fourth-order valence-corrected chi connectivity index (χ4v) is 5.78. The Morgan fingerprint density at radius 2 is 0.627 bits per heavy atom. The fourth-order valence-electron chi connectivity index (χ4n) is 5.78. The van der Waals surface area contributed by atoms with Crippen molar-refractivity contribution in [2.45, 2.75) is 0 Å². The van der Waals surface area contributed by atoms with E-state index in [9.17, 15) is 9.59 Å². The summed E-state index contributed by atoms with van der Waals surface area (Å²) < 4.78 is 62.1. The second-order valence-corrected chi connectivity index (χ2v) is 13.0. The first-order valence-corrected chi connectivity index (χ1v) is 19.7. The van der Waals surface area contributed by atoms with Gasteiger partial charge in [-0.1, -0.05) is 24.3 Å². The summed E-state index contributed by atoms with van der Waals surface area (Å²) in [6.45, 7) is 7.28. The van der Waals surface area contributed by atoms with Crippen LogP contribution in [0.3, 0.4) is 0 Å². The van der Waals surface area contributed by atoms with Crippen molar-refractivity contribution in [3.63, 3.8) is 0 Å². The van der Waals surface area contributed by atoms with E-state index in [1.54, 1.807) is 24.3 Å². The lowest BCUT2D eigenvalue weighted by atomic mass is 10.1. The smallest absolute Gasteiger partial charge is 0.193 e. The lowest BCUT2D eigenvalue weighted by molar-refractivity contribution is -0.0218. The van der Waals surface area contributed by atoms with Crippen LogP contribution in [0.1, 0.15) is 0 Å². The van der Waals surface area contributed by atoms with Crippen LogP contribution < -0.4 is 20.3 Å². The predicted octanol–water partition coefficient (Wildman–Crippen LogP) is 6.81. The first-order valence-electron chi connectivity index (χ1n) is 19.7. The van der Waals surface area contributed by atoms with Crippen molar-refractivity contribution in [3.8, 4) is 34.1 Å². The summed E-state index contributed by atoms with van der Waals surface area (Å²) >= 11 is 0. The Hall–Kier alpha value is -5.38. The molecule has 0 aliphatic heterocycles. The molecule has 312 valence electrons. The van der Waals surface area contributed by atoms with Crippen LogP contribution in [0, 0.1) is 0 Å². The summed E-state index contributed by atoms with van der Waals surface area (Å²) in [6, 6.07) is 32.2. The Morgan fingerprint density at radius 3 is 0.949 bits per heavy atom. The van der Waals surface area contributed by atoms with Gasteiger partial charge < -0.3 is 51.5 Å². The maximum atomic E-state index is 12.4. The molecule has 0 amide bonds. The van der Waals surface area contributed by atoms with E-state index in [1.807, 2.05) is 72.8 Å². The molecule has 0 aliphatic carbocycles. The highest BCUT2D eigenvalue weighted by Crippen LogP contribution is 2.26. The Bertz CT molecular complexity index is 2070. The van der Waals surface area contributed by atoms with Crippen molar-refractivity contribution in [1.29, 1.82) is 0 Å². The highest BCUT2D eigenvalue weighted by Gasteiger charge is 2.09. The molecule has 0 N–H and O–H groups in total. The maximum absolute atomic E-state index is 12.4. The zero-order valence-corrected chi connectivity index (χ0v) is 33.0. The van der Waals surface area contributed by atoms with Crippen LogP contribution in [0.2, 0.25) is 0 Å². The molecular weight excluding hydrogens is 760 g/mol. The first kappa shape index (κ1) is 43.2. The molecule has 0 saturated carbocycles. The Morgan fingerprint density at radius 1 is 0.339 bits per heavy atom. The number of hydrogen-bond donors (Lipinski definition) is 0. The van der Waals surface area contributed by atoms with Crippen LogP contribution in [0.5, 0.6) is 11.5 Å². The number of para-hydroxylation sites is 2. The van der Waals surface area contributed by atoms with Crippen LogP contribution >= 0.6 is 0 Å². The molecule has 0 radical (unpaired) electrons. The predicted molar refractivity (Wildman–Crippen MR) is 223 cm³/mol. The van der Waals surface area contributed by atoms with Crippen molar-refractivity contribution < 1.29 is 51.5 Å². The van der Waals surface area contributed by atoms with E-state index in [-0.39, 0.29) is 10.9 Å². The molecule has 2 aromatic heterocycles. The van der Waals surface area contributed by atoms with E-state index in [0.29, 0.717) is 151 Å². The van der Waals surface area contributed by atoms with Gasteiger partial charge in [-0.25, -0.2) is 0 Å². The molecule has 6 aromatic rings. The Balaban J connectivity index is 0.657. The summed E-state index contributed by atoms with van der Waals surface area (Å²) in [7, 11) is 0. The average molecular weight is 811 g/mol. The minimum absolute atomic E-state index is 0.0725. The summed E-state index contributed by atoms with van der Waals surface area (Å²) in [6.07, 6.45) is 0. The van der Waals surface area contributed by atoms with Crippen molar-refractivity contribution >= 4 is 21.9 Å². The lowest BCUT2D eigenvalue weighted by Gasteiger charge is -2.09. The van der Waals surface area contributed by atoms with Gasteiger partial charge >= 0.3 is 0 Å². The highest BCUT2D eigenvalue weighted by molar-refractivity contribution is 5.79. The van der Waals surface area contributed by atoms with E-state index < -0.39 is 0 Å². The molecule has 13 nitrogen and oxygen atoms in total. The van der Waals surface area contributed by atoms with Gasteiger partial charge in [0.1, 0.15) is 47.4 Å². The van der Waals surface area contributed by atoms with Gasteiger partial charge in [-0.2, -0.15) is 0 Å². The van der Waals surface area contributed by atoms with Crippen LogP contribution in [0.15, 0.2) is 128 Å². The second-order valence-electron chi connectivity index (χ2n) is 13.0. The minimum Gasteiger partial charge on any atom is -0.491 e. The van der Waals surface area contributed by atoms with E-state index in [1.165, 1.54) is 12.1 Å². The van der Waals surface area contributed by atoms with Crippen molar-refractivity contribution in [2.24, 2.45) is 0 Å². The SMILES string of the molecule is O=c1cc(-c2ccc(OCCOCCOCCOCCOCCOCCOCCOCCOc3ccc(-c4cc(=O)c5ccccc5o4)cc3)cc2)oc2ccccc12. The maximum Gasteiger partial charge on any atom is 0.193 e. The van der Waals surface area contributed by atoms with Gasteiger partial charge in [-0.15, -0.1) is 0 Å². The average Bonchev–Trinajstić information content (AvgIpc) is 3.27. The molecule has 4 aromatic carbocycles. The number of rotatable bonds is 28. The Labute approximate surface area is 342 Å². The van der Waals surface area contributed by atoms with E-state index in [0.717, 1.165) is 11.1 Å². The number of hydrogen-bond acceptors (Lipinski definition) is 13. The summed E-state index contributed by atoms with van der Waals surface area (Å²) in [5, 5.41) is 1.13. The number of fused-ring (bicyclic) bond motifs is 2. The van der Waals surface area contributed by atoms with Gasteiger partial charge in [-0.3, -0.25) is 9.59 Å². The van der Waals surface area contributed by atoms with E-state index >= 15 is 0 Å². The molecule has 0 aliphatic rings. The fraction of sp³-hybridized carbons (Fsp3) is 0.348. The summed E-state index contributed by atoms with van der Waals surface area (Å²) in [5.41, 5.74) is 2.57. The molecule has 0 atom stereocenters. The zero-order chi connectivity index (χ0) is 40.7. The molecule has 0 bridgehead atoms.